The number of anilines is 2. The fourth-order valence-corrected chi connectivity index (χ4v) is 6.90. The van der Waals surface area contributed by atoms with Gasteiger partial charge < -0.3 is 29.3 Å². The summed E-state index contributed by atoms with van der Waals surface area (Å²) in [6.45, 7) is 10.4. The van der Waals surface area contributed by atoms with Gasteiger partial charge in [0.1, 0.15) is 28.5 Å². The number of fused-ring (bicyclic) bond motifs is 3. The van der Waals surface area contributed by atoms with Crippen LogP contribution in [0.4, 0.5) is 20.8 Å². The Morgan fingerprint density at radius 2 is 1.92 bits per heavy atom. The van der Waals surface area contributed by atoms with Gasteiger partial charge in [-0.3, -0.25) is 19.2 Å². The number of piperazine rings is 1. The number of nitrogen functional groups attached to an aromatic ring is 1. The number of carbonyl (C=O) groups excluding carboxylic acids is 1. The van der Waals surface area contributed by atoms with Gasteiger partial charge in [-0.05, 0) is 45.0 Å². The molecular formula is C32H38FN9O6S. The molecule has 1 aromatic carbocycles. The molecule has 2 saturated heterocycles. The smallest absolute Gasteiger partial charge is 0.410 e. The number of amides is 1. The molecule has 7 rings (SSSR count). The molecule has 2 aliphatic rings. The van der Waals surface area contributed by atoms with E-state index in [1.165, 1.54) is 16.8 Å². The minimum absolute atomic E-state index is 0.122. The second-order valence-corrected chi connectivity index (χ2v) is 13.9. The standard InChI is InChI=1S/C32H38FN9O6S/c1-32(2,3)48-30(43)40-14-16-45-18-20(40)19-47-21-6-7-23(22(33)17-21)39-11-8-38(9-12-39)10-13-41-27-25(49-31(41)44)28-35-26(24-5-4-15-46-24)37-42(28)29(34)36-27/h4-7,15,17,20H,8-14,16,18-19H2,1-3H3,(H2,34,36). The summed E-state index contributed by atoms with van der Waals surface area (Å²) in [5.41, 5.74) is 7.01. The molecule has 6 heterocycles. The Morgan fingerprint density at radius 1 is 1.10 bits per heavy atom. The van der Waals surface area contributed by atoms with Gasteiger partial charge >= 0.3 is 11.0 Å². The number of benzene rings is 1. The number of furan rings is 1. The van der Waals surface area contributed by atoms with E-state index in [-0.39, 0.29) is 29.3 Å². The van der Waals surface area contributed by atoms with Crippen molar-refractivity contribution in [2.75, 3.05) is 69.7 Å². The Bertz CT molecular complexity index is 2010. The first-order valence-corrected chi connectivity index (χ1v) is 16.9. The number of rotatable bonds is 8. The molecule has 260 valence electrons. The van der Waals surface area contributed by atoms with E-state index in [0.29, 0.717) is 98.0 Å². The van der Waals surface area contributed by atoms with Crippen LogP contribution in [0.25, 0.3) is 27.6 Å². The van der Waals surface area contributed by atoms with Crippen molar-refractivity contribution in [3.8, 4) is 17.3 Å². The van der Waals surface area contributed by atoms with Crippen molar-refractivity contribution >= 4 is 45.1 Å². The van der Waals surface area contributed by atoms with Crippen LogP contribution < -0.4 is 20.2 Å². The zero-order valence-corrected chi connectivity index (χ0v) is 28.3. The molecule has 4 aromatic heterocycles. The minimum Gasteiger partial charge on any atom is -0.491 e. The number of aromatic nitrogens is 5. The largest absolute Gasteiger partial charge is 0.491 e. The summed E-state index contributed by atoms with van der Waals surface area (Å²) in [5, 5.41) is 4.40. The highest BCUT2D eigenvalue weighted by Crippen LogP contribution is 2.28. The van der Waals surface area contributed by atoms with Gasteiger partial charge in [-0.2, -0.15) is 9.50 Å². The quantitative estimate of drug-likeness (QED) is 0.253. The van der Waals surface area contributed by atoms with Crippen LogP contribution >= 0.6 is 11.3 Å². The first kappa shape index (κ1) is 32.8. The molecule has 1 amide bonds. The lowest BCUT2D eigenvalue weighted by Crippen LogP contribution is -2.52. The van der Waals surface area contributed by atoms with Gasteiger partial charge in [-0.15, -0.1) is 5.10 Å². The zero-order valence-electron chi connectivity index (χ0n) is 27.5. The summed E-state index contributed by atoms with van der Waals surface area (Å²) in [7, 11) is 0. The second kappa shape index (κ2) is 13.3. The van der Waals surface area contributed by atoms with Gasteiger partial charge in [0.15, 0.2) is 17.1 Å². The van der Waals surface area contributed by atoms with Crippen molar-refractivity contribution in [3.05, 3.63) is 52.1 Å². The molecule has 2 N–H and O–H groups in total. The lowest BCUT2D eigenvalue weighted by Gasteiger charge is -2.36. The summed E-state index contributed by atoms with van der Waals surface area (Å²) in [4.78, 5) is 40.5. The number of nitrogens with zero attached hydrogens (tertiary/aromatic N) is 8. The third kappa shape index (κ3) is 6.91. The fourth-order valence-electron chi connectivity index (χ4n) is 5.97. The number of hydrogen-bond donors (Lipinski definition) is 1. The van der Waals surface area contributed by atoms with Gasteiger partial charge in [0, 0.05) is 51.9 Å². The van der Waals surface area contributed by atoms with Gasteiger partial charge in [0.2, 0.25) is 11.8 Å². The van der Waals surface area contributed by atoms with E-state index in [9.17, 15) is 9.59 Å². The molecule has 2 aliphatic heterocycles. The van der Waals surface area contributed by atoms with Gasteiger partial charge in [0.25, 0.3) is 0 Å². The molecule has 49 heavy (non-hydrogen) atoms. The monoisotopic (exact) mass is 695 g/mol. The Morgan fingerprint density at radius 3 is 2.65 bits per heavy atom. The fraction of sp³-hybridized carbons (Fsp3) is 0.469. The van der Waals surface area contributed by atoms with Crippen LogP contribution in [0.5, 0.6) is 5.75 Å². The van der Waals surface area contributed by atoms with Crippen LogP contribution in [-0.4, -0.2) is 111 Å². The number of nitrogens with two attached hydrogens (primary N) is 1. The average Bonchev–Trinajstić information content (AvgIpc) is 3.82. The van der Waals surface area contributed by atoms with Gasteiger partial charge in [-0.25, -0.2) is 14.2 Å². The maximum Gasteiger partial charge on any atom is 0.410 e. The molecule has 0 spiro atoms. The predicted molar refractivity (Wildman–Crippen MR) is 181 cm³/mol. The Balaban J connectivity index is 0.948. The average molecular weight is 696 g/mol. The lowest BCUT2D eigenvalue weighted by molar-refractivity contribution is -0.0418. The molecule has 15 nitrogen and oxygen atoms in total. The first-order chi connectivity index (χ1) is 23.5. The Kier molecular flexibility index (Phi) is 8.89. The van der Waals surface area contributed by atoms with Crippen LogP contribution in [0.1, 0.15) is 20.8 Å². The van der Waals surface area contributed by atoms with E-state index in [1.807, 2.05) is 25.7 Å². The summed E-state index contributed by atoms with van der Waals surface area (Å²) >= 11 is 1.06. The lowest BCUT2D eigenvalue weighted by atomic mass is 10.2. The molecule has 2 fully saturated rings. The second-order valence-electron chi connectivity index (χ2n) is 12.9. The van der Waals surface area contributed by atoms with Crippen molar-refractivity contribution in [2.24, 2.45) is 0 Å². The van der Waals surface area contributed by atoms with E-state index >= 15 is 4.39 Å². The normalized spacial score (nSPS) is 17.7. The van der Waals surface area contributed by atoms with Crippen LogP contribution in [0.15, 0.2) is 45.8 Å². The maximum absolute atomic E-state index is 15.3. The summed E-state index contributed by atoms with van der Waals surface area (Å²) in [6.07, 6.45) is 1.12. The molecule has 1 atom stereocenters. The predicted octanol–water partition coefficient (Wildman–Crippen LogP) is 3.32. The van der Waals surface area contributed by atoms with Gasteiger partial charge in [-0.1, -0.05) is 11.3 Å². The van der Waals surface area contributed by atoms with Gasteiger partial charge in [0.05, 0.1) is 31.2 Å². The SMILES string of the molecule is CC(C)(C)OC(=O)N1CCOCC1COc1ccc(N2CCN(CCn3c(=O)sc4c3nc(N)n3nc(-c5ccco5)nc43)CC2)c(F)c1. The van der Waals surface area contributed by atoms with Crippen LogP contribution in [-0.2, 0) is 16.0 Å². The number of morpholine rings is 1. The molecule has 0 radical (unpaired) electrons. The van der Waals surface area contributed by atoms with Crippen molar-refractivity contribution in [2.45, 2.75) is 39.0 Å². The van der Waals surface area contributed by atoms with Crippen molar-refractivity contribution in [1.29, 1.82) is 0 Å². The van der Waals surface area contributed by atoms with Crippen LogP contribution in [0.3, 0.4) is 0 Å². The summed E-state index contributed by atoms with van der Waals surface area (Å²) in [6, 6.07) is 7.98. The first-order valence-electron chi connectivity index (χ1n) is 16.1. The third-order valence-electron chi connectivity index (χ3n) is 8.43. The topological polar surface area (TPSA) is 159 Å². The van der Waals surface area contributed by atoms with E-state index in [1.54, 1.807) is 33.7 Å². The molecule has 5 aromatic rings. The molecule has 1 unspecified atom stereocenters. The highest BCUT2D eigenvalue weighted by molar-refractivity contribution is 7.17. The zero-order chi connectivity index (χ0) is 34.3. The highest BCUT2D eigenvalue weighted by atomic mass is 32.1. The van der Waals surface area contributed by atoms with Crippen LogP contribution in [0.2, 0.25) is 0 Å². The van der Waals surface area contributed by atoms with E-state index in [0.717, 1.165) is 11.3 Å². The number of thiazole rings is 1. The number of carbonyl (C=O) groups is 1. The van der Waals surface area contributed by atoms with Crippen LogP contribution in [0, 0.1) is 5.82 Å². The number of ether oxygens (including phenoxy) is 3. The van der Waals surface area contributed by atoms with Crippen molar-refractivity contribution in [1.82, 2.24) is 33.9 Å². The van der Waals surface area contributed by atoms with E-state index in [4.69, 9.17) is 24.4 Å². The molecule has 17 heteroatoms. The highest BCUT2D eigenvalue weighted by Gasteiger charge is 2.32. The van der Waals surface area contributed by atoms with E-state index < -0.39 is 11.7 Å². The van der Waals surface area contributed by atoms with Crippen molar-refractivity contribution in [3.63, 3.8) is 0 Å². The Labute approximate surface area is 284 Å². The molecular weight excluding hydrogens is 657 g/mol. The molecule has 0 aliphatic carbocycles. The number of hydrogen-bond acceptors (Lipinski definition) is 13. The number of halogens is 1. The Hall–Kier alpha value is -4.74. The molecule has 0 bridgehead atoms. The summed E-state index contributed by atoms with van der Waals surface area (Å²) < 4.78 is 41.4. The third-order valence-corrected chi connectivity index (χ3v) is 9.39. The van der Waals surface area contributed by atoms with E-state index in [2.05, 4.69) is 20.0 Å². The summed E-state index contributed by atoms with van der Waals surface area (Å²) in [5.74, 6) is 0.959. The molecule has 0 saturated carbocycles. The van der Waals surface area contributed by atoms with Crippen molar-refractivity contribution < 1.29 is 27.8 Å². The minimum atomic E-state index is -0.616. The maximum atomic E-state index is 15.3.